The Morgan fingerprint density at radius 1 is 1.13 bits per heavy atom. The maximum Gasteiger partial charge on any atom is 0.451 e. The molecule has 1 aromatic heterocycles. The first kappa shape index (κ1) is 32.6. The molecule has 8 nitrogen and oxygen atoms in total. The molecule has 1 atom stereocenters. The average Bonchev–Trinajstić information content (AvgIpc) is 3.17. The molecule has 12 heteroatoms. The lowest BCUT2D eigenvalue weighted by molar-refractivity contribution is -0.150. The molecule has 0 fully saturated rings. The maximum atomic E-state index is 13.8. The van der Waals surface area contributed by atoms with Gasteiger partial charge in [-0.25, -0.2) is 4.68 Å². The number of alkyl halides is 3. The lowest BCUT2D eigenvalue weighted by Crippen LogP contribution is -2.31. The van der Waals surface area contributed by atoms with Crippen molar-refractivity contribution in [3.8, 4) is 0 Å². The van der Waals surface area contributed by atoms with Crippen LogP contribution in [0.3, 0.4) is 0 Å². The van der Waals surface area contributed by atoms with E-state index >= 15 is 0 Å². The second kappa shape index (κ2) is 13.6. The van der Waals surface area contributed by atoms with Crippen molar-refractivity contribution in [3.05, 3.63) is 29.6 Å². The summed E-state index contributed by atoms with van der Waals surface area (Å²) in [6.45, 7) is 18.2. The van der Waals surface area contributed by atoms with E-state index in [1.165, 1.54) is 0 Å². The van der Waals surface area contributed by atoms with Crippen LogP contribution in [0.1, 0.15) is 58.3 Å². The first-order valence-corrected chi connectivity index (χ1v) is 17.1. The average molecular weight is 572 g/mol. The number of hydrogen-bond acceptors (Lipinski definition) is 6. The van der Waals surface area contributed by atoms with E-state index in [0.29, 0.717) is 24.1 Å². The fourth-order valence-corrected chi connectivity index (χ4v) is 4.87. The molecule has 1 aromatic carbocycles. The number of nitrogens with zero attached hydrogens (tertiary/aromatic N) is 4. The van der Waals surface area contributed by atoms with Crippen LogP contribution in [0, 0.1) is 11.8 Å². The molecule has 0 radical (unpaired) electrons. The van der Waals surface area contributed by atoms with Crippen LogP contribution in [0.25, 0.3) is 0 Å². The van der Waals surface area contributed by atoms with Crippen molar-refractivity contribution in [1.29, 1.82) is 0 Å². The van der Waals surface area contributed by atoms with Gasteiger partial charge in [0.15, 0.2) is 0 Å². The molecule has 0 saturated heterocycles. The van der Waals surface area contributed by atoms with Gasteiger partial charge >= 0.3 is 12.1 Å². The fraction of sp³-hybridized carbons (Fsp3) is 0.667. The van der Waals surface area contributed by atoms with Crippen LogP contribution in [-0.4, -0.2) is 53.6 Å². The molecule has 0 aliphatic carbocycles. The summed E-state index contributed by atoms with van der Waals surface area (Å²) in [5, 5.41) is 16.4. The molecule has 0 spiro atoms. The molecule has 2 rings (SSSR count). The maximum absolute atomic E-state index is 13.8. The number of ether oxygens (including phenoxy) is 1. The second-order valence-electron chi connectivity index (χ2n) is 12.2. The Kier molecular flexibility index (Phi) is 11.4. The van der Waals surface area contributed by atoms with E-state index in [2.05, 4.69) is 67.6 Å². The third-order valence-electron chi connectivity index (χ3n) is 5.96. The highest BCUT2D eigenvalue weighted by atomic mass is 28.3. The third kappa shape index (κ3) is 10.8. The van der Waals surface area contributed by atoms with E-state index in [9.17, 15) is 23.1 Å². The summed E-state index contributed by atoms with van der Waals surface area (Å²) in [6.07, 6.45) is -4.78. The third-order valence-corrected chi connectivity index (χ3v) is 7.67. The number of nitrogens with one attached hydrogen (secondary N) is 1. The van der Waals surface area contributed by atoms with Gasteiger partial charge in [-0.15, -0.1) is 5.10 Å². The Morgan fingerprint density at radius 2 is 1.74 bits per heavy atom. The predicted molar refractivity (Wildman–Crippen MR) is 151 cm³/mol. The van der Waals surface area contributed by atoms with Crippen molar-refractivity contribution < 1.29 is 27.8 Å². The number of halogens is 3. The SMILES string of the molecule is CC(C)CN(CC(C)C)c1ccc(C(C)CC(=O)O)cc1Nc1nc(C(F)(F)F)n(COCC[Si](C)(C)C)n1. The molecular formula is C27H44F3N5O3Si. The van der Waals surface area contributed by atoms with Gasteiger partial charge in [0.1, 0.15) is 6.73 Å². The molecule has 0 saturated carbocycles. The zero-order valence-corrected chi connectivity index (χ0v) is 25.4. The van der Waals surface area contributed by atoms with Gasteiger partial charge in [-0.2, -0.15) is 18.2 Å². The van der Waals surface area contributed by atoms with Crippen LogP contribution in [0.5, 0.6) is 0 Å². The van der Waals surface area contributed by atoms with Crippen LogP contribution in [0.15, 0.2) is 18.2 Å². The molecule has 0 bridgehead atoms. The molecule has 2 aromatic rings. The van der Waals surface area contributed by atoms with Gasteiger partial charge in [-0.1, -0.05) is 60.3 Å². The molecule has 1 heterocycles. The quantitative estimate of drug-likeness (QED) is 0.175. The molecule has 2 N–H and O–H groups in total. The number of rotatable bonds is 15. The van der Waals surface area contributed by atoms with Crippen LogP contribution < -0.4 is 10.2 Å². The molecule has 0 aliphatic heterocycles. The van der Waals surface area contributed by atoms with Gasteiger partial charge in [0, 0.05) is 27.8 Å². The minimum atomic E-state index is -4.71. The van der Waals surface area contributed by atoms with Gasteiger partial charge in [0.25, 0.3) is 0 Å². The summed E-state index contributed by atoms with van der Waals surface area (Å²) in [7, 11) is -1.40. The van der Waals surface area contributed by atoms with Gasteiger partial charge < -0.3 is 20.1 Å². The summed E-state index contributed by atoms with van der Waals surface area (Å²) in [6, 6.07) is 6.37. The number of carboxylic acid groups (broad SMARTS) is 1. The van der Waals surface area contributed by atoms with Crippen molar-refractivity contribution >= 4 is 31.4 Å². The number of aromatic nitrogens is 3. The lowest BCUT2D eigenvalue weighted by Gasteiger charge is -2.31. The monoisotopic (exact) mass is 571 g/mol. The minimum Gasteiger partial charge on any atom is -0.481 e. The summed E-state index contributed by atoms with van der Waals surface area (Å²) >= 11 is 0. The Balaban J connectivity index is 2.48. The van der Waals surface area contributed by atoms with Gasteiger partial charge in [0.05, 0.1) is 17.8 Å². The van der Waals surface area contributed by atoms with Crippen LogP contribution in [0.4, 0.5) is 30.5 Å². The van der Waals surface area contributed by atoms with Gasteiger partial charge in [0.2, 0.25) is 11.8 Å². The zero-order chi connectivity index (χ0) is 29.5. The van der Waals surface area contributed by atoms with E-state index in [0.717, 1.165) is 35.1 Å². The van der Waals surface area contributed by atoms with Crippen LogP contribution in [-0.2, 0) is 22.4 Å². The first-order valence-electron chi connectivity index (χ1n) is 13.4. The summed E-state index contributed by atoms with van der Waals surface area (Å²) in [4.78, 5) is 17.3. The minimum absolute atomic E-state index is 0.0691. The first-order chi connectivity index (χ1) is 18.0. The number of hydrogen-bond donors (Lipinski definition) is 2. The van der Waals surface area contributed by atoms with E-state index < -0.39 is 26.0 Å². The van der Waals surface area contributed by atoms with Crippen LogP contribution >= 0.6 is 0 Å². The van der Waals surface area contributed by atoms with E-state index in [1.807, 2.05) is 12.1 Å². The van der Waals surface area contributed by atoms with Crippen molar-refractivity contribution in [2.45, 2.75) is 85.5 Å². The normalized spacial score (nSPS) is 13.3. The number of benzene rings is 1. The predicted octanol–water partition coefficient (Wildman–Crippen LogP) is 7.05. The smallest absolute Gasteiger partial charge is 0.451 e. The van der Waals surface area contributed by atoms with Gasteiger partial charge in [-0.05, 0) is 41.5 Å². The van der Waals surface area contributed by atoms with Gasteiger partial charge in [-0.3, -0.25) is 4.79 Å². The topological polar surface area (TPSA) is 92.5 Å². The molecule has 39 heavy (non-hydrogen) atoms. The summed E-state index contributed by atoms with van der Waals surface area (Å²) < 4.78 is 47.7. The number of carboxylic acids is 1. The highest BCUT2D eigenvalue weighted by Crippen LogP contribution is 2.35. The molecule has 0 aliphatic rings. The molecular weight excluding hydrogens is 527 g/mol. The lowest BCUT2D eigenvalue weighted by atomic mass is 9.96. The van der Waals surface area contributed by atoms with Crippen molar-refractivity contribution in [1.82, 2.24) is 14.8 Å². The molecule has 220 valence electrons. The highest BCUT2D eigenvalue weighted by Gasteiger charge is 2.38. The fourth-order valence-electron chi connectivity index (χ4n) is 4.11. The van der Waals surface area contributed by atoms with E-state index in [1.54, 1.807) is 13.0 Å². The summed E-state index contributed by atoms with van der Waals surface area (Å²) in [5.74, 6) is -1.89. The Bertz CT molecular complexity index is 1070. The van der Waals surface area contributed by atoms with Crippen molar-refractivity contribution in [2.24, 2.45) is 11.8 Å². The second-order valence-corrected chi connectivity index (χ2v) is 17.8. The number of anilines is 3. The molecule has 1 unspecified atom stereocenters. The number of aliphatic carboxylic acids is 1. The Labute approximate surface area is 231 Å². The Morgan fingerprint density at radius 3 is 2.26 bits per heavy atom. The van der Waals surface area contributed by atoms with Crippen molar-refractivity contribution in [2.75, 3.05) is 29.9 Å². The van der Waals surface area contributed by atoms with Crippen molar-refractivity contribution in [3.63, 3.8) is 0 Å². The van der Waals surface area contributed by atoms with E-state index in [-0.39, 0.29) is 25.0 Å². The highest BCUT2D eigenvalue weighted by molar-refractivity contribution is 6.76. The zero-order valence-electron chi connectivity index (χ0n) is 24.4. The number of carbonyl (C=O) groups is 1. The summed E-state index contributed by atoms with van der Waals surface area (Å²) in [5.41, 5.74) is 2.07. The standard InChI is InChI=1S/C27H44F3N5O3Si/c1-18(2)15-34(16-19(3)4)23-10-9-21(20(5)13-24(36)37)14-22(23)31-26-32-25(27(28,29)30)35(33-26)17-38-11-12-39(6,7)8/h9-10,14,18-20H,11-13,15-17H2,1-8H3,(H,31,33)(H,36,37). The molecule has 0 amide bonds. The van der Waals surface area contributed by atoms with Crippen LogP contribution in [0.2, 0.25) is 25.7 Å². The van der Waals surface area contributed by atoms with E-state index in [4.69, 9.17) is 4.74 Å². The largest absolute Gasteiger partial charge is 0.481 e. The Hall–Kier alpha value is -2.60.